The van der Waals surface area contributed by atoms with E-state index in [1.54, 1.807) is 12.1 Å². The first-order chi connectivity index (χ1) is 7.65. The van der Waals surface area contributed by atoms with Crippen molar-refractivity contribution < 1.29 is 9.32 Å². The fourth-order valence-electron chi connectivity index (χ4n) is 1.15. The Kier molecular flexibility index (Phi) is 3.40. The molecule has 0 aliphatic carbocycles. The van der Waals surface area contributed by atoms with Gasteiger partial charge in [0.2, 0.25) is 0 Å². The van der Waals surface area contributed by atoms with Crippen molar-refractivity contribution in [1.82, 2.24) is 5.16 Å². The maximum absolute atomic E-state index is 11.8. The van der Waals surface area contributed by atoms with Crippen LogP contribution in [-0.4, -0.2) is 11.1 Å². The van der Waals surface area contributed by atoms with Crippen LogP contribution in [0.1, 0.15) is 10.4 Å². The largest absolute Gasteiger partial charge is 0.363 e. The van der Waals surface area contributed by atoms with Crippen molar-refractivity contribution >= 4 is 43.5 Å². The third kappa shape index (κ3) is 2.70. The molecule has 1 amide bonds. The van der Waals surface area contributed by atoms with Crippen LogP contribution >= 0.6 is 31.9 Å². The van der Waals surface area contributed by atoms with Crippen LogP contribution in [0.4, 0.5) is 5.69 Å². The summed E-state index contributed by atoms with van der Waals surface area (Å²) in [4.78, 5) is 11.8. The summed E-state index contributed by atoms with van der Waals surface area (Å²) in [5.41, 5.74) is 1.07. The number of halogens is 2. The number of anilines is 1. The summed E-state index contributed by atoms with van der Waals surface area (Å²) in [6, 6.07) is 5.32. The first-order valence-electron chi connectivity index (χ1n) is 4.32. The Balaban J connectivity index is 2.21. The van der Waals surface area contributed by atoms with E-state index in [0.717, 1.165) is 8.95 Å². The Labute approximate surface area is 108 Å². The van der Waals surface area contributed by atoms with Crippen LogP contribution in [0.3, 0.4) is 0 Å². The van der Waals surface area contributed by atoms with Crippen molar-refractivity contribution in [1.29, 1.82) is 0 Å². The molecular weight excluding hydrogens is 340 g/mol. The molecule has 1 aromatic carbocycles. The number of hydrogen-bond donors (Lipinski definition) is 1. The lowest BCUT2D eigenvalue weighted by Gasteiger charge is -2.03. The van der Waals surface area contributed by atoms with Crippen molar-refractivity contribution in [2.75, 3.05) is 5.32 Å². The van der Waals surface area contributed by atoms with E-state index in [2.05, 4.69) is 46.9 Å². The van der Waals surface area contributed by atoms with E-state index < -0.39 is 0 Å². The number of aromatic nitrogens is 1. The van der Waals surface area contributed by atoms with Gasteiger partial charge in [0.25, 0.3) is 5.91 Å². The highest BCUT2D eigenvalue weighted by molar-refractivity contribution is 9.11. The number of carbonyl (C=O) groups excluding carboxylic acids is 1. The molecular formula is C10H6Br2N2O2. The van der Waals surface area contributed by atoms with Gasteiger partial charge in [0.1, 0.15) is 12.0 Å². The molecule has 0 atom stereocenters. The van der Waals surface area contributed by atoms with Gasteiger partial charge in [-0.1, -0.05) is 37.0 Å². The Bertz CT molecular complexity index is 491. The lowest BCUT2D eigenvalue weighted by molar-refractivity contribution is 0.102. The molecule has 0 aliphatic rings. The lowest BCUT2D eigenvalue weighted by Crippen LogP contribution is -2.11. The van der Waals surface area contributed by atoms with Crippen LogP contribution in [-0.2, 0) is 0 Å². The maximum atomic E-state index is 11.8. The minimum atomic E-state index is -0.217. The average Bonchev–Trinajstić information content (AvgIpc) is 2.68. The van der Waals surface area contributed by atoms with Gasteiger partial charge in [-0.05, 0) is 18.2 Å². The molecule has 6 heteroatoms. The highest BCUT2D eigenvalue weighted by Crippen LogP contribution is 2.20. The molecule has 0 bridgehead atoms. The number of hydrogen-bond acceptors (Lipinski definition) is 3. The summed E-state index contributed by atoms with van der Waals surface area (Å²) >= 11 is 6.64. The van der Waals surface area contributed by atoms with E-state index >= 15 is 0 Å². The number of nitrogens with one attached hydrogen (secondary N) is 1. The van der Waals surface area contributed by atoms with Crippen LogP contribution < -0.4 is 5.32 Å². The second-order valence-corrected chi connectivity index (χ2v) is 4.86. The highest BCUT2D eigenvalue weighted by atomic mass is 79.9. The monoisotopic (exact) mass is 344 g/mol. The fraction of sp³-hybridized carbons (Fsp3) is 0. The molecule has 1 aromatic heterocycles. The molecule has 16 heavy (non-hydrogen) atoms. The molecule has 0 unspecified atom stereocenters. The van der Waals surface area contributed by atoms with Crippen LogP contribution in [0.15, 0.2) is 44.1 Å². The molecule has 0 saturated carbocycles. The summed E-state index contributed by atoms with van der Waals surface area (Å²) < 4.78 is 6.28. The Hall–Kier alpha value is -1.14. The third-order valence-electron chi connectivity index (χ3n) is 1.81. The number of benzene rings is 1. The van der Waals surface area contributed by atoms with Gasteiger partial charge in [-0.15, -0.1) is 0 Å². The number of amides is 1. The summed E-state index contributed by atoms with van der Waals surface area (Å²) in [5.74, 6) is -0.217. The van der Waals surface area contributed by atoms with Gasteiger partial charge in [-0.3, -0.25) is 4.79 Å². The molecule has 0 spiro atoms. The SMILES string of the molecule is O=C(Nc1cnoc1)c1cc(Br)cc(Br)c1. The standard InChI is InChI=1S/C10H6Br2N2O2/c11-7-1-6(2-8(12)3-7)10(15)14-9-4-13-16-5-9/h1-5H,(H,14,15). The normalized spacial score (nSPS) is 10.1. The van der Waals surface area contributed by atoms with Gasteiger partial charge >= 0.3 is 0 Å². The van der Waals surface area contributed by atoms with Crippen LogP contribution in [0.2, 0.25) is 0 Å². The number of carbonyl (C=O) groups is 1. The van der Waals surface area contributed by atoms with Crippen molar-refractivity contribution in [3.05, 3.63) is 45.2 Å². The summed E-state index contributed by atoms with van der Waals surface area (Å²) in [7, 11) is 0. The maximum Gasteiger partial charge on any atom is 0.255 e. The molecule has 2 aromatic rings. The van der Waals surface area contributed by atoms with Gasteiger partial charge in [0.05, 0.1) is 6.20 Å². The summed E-state index contributed by atoms with van der Waals surface area (Å²) in [6.45, 7) is 0. The fourth-order valence-corrected chi connectivity index (χ4v) is 2.45. The molecule has 1 heterocycles. The van der Waals surface area contributed by atoms with E-state index in [9.17, 15) is 4.79 Å². The molecule has 0 saturated heterocycles. The van der Waals surface area contributed by atoms with Gasteiger partial charge in [0, 0.05) is 14.5 Å². The Morgan fingerprint density at radius 3 is 2.50 bits per heavy atom. The smallest absolute Gasteiger partial charge is 0.255 e. The van der Waals surface area contributed by atoms with Gasteiger partial charge in [-0.2, -0.15) is 0 Å². The van der Waals surface area contributed by atoms with Crippen LogP contribution in [0.25, 0.3) is 0 Å². The zero-order valence-corrected chi connectivity index (χ0v) is 11.1. The van der Waals surface area contributed by atoms with Crippen molar-refractivity contribution in [3.63, 3.8) is 0 Å². The van der Waals surface area contributed by atoms with E-state index in [1.165, 1.54) is 12.5 Å². The lowest BCUT2D eigenvalue weighted by atomic mass is 10.2. The zero-order chi connectivity index (χ0) is 11.5. The second-order valence-electron chi connectivity index (χ2n) is 3.03. The molecule has 2 rings (SSSR count). The quantitative estimate of drug-likeness (QED) is 0.906. The van der Waals surface area contributed by atoms with E-state index in [-0.39, 0.29) is 5.91 Å². The van der Waals surface area contributed by atoms with Crippen LogP contribution in [0.5, 0.6) is 0 Å². The first-order valence-corrected chi connectivity index (χ1v) is 5.90. The second kappa shape index (κ2) is 4.80. The zero-order valence-electron chi connectivity index (χ0n) is 7.91. The third-order valence-corrected chi connectivity index (χ3v) is 2.73. The first kappa shape index (κ1) is 11.3. The van der Waals surface area contributed by atoms with Crippen molar-refractivity contribution in [3.8, 4) is 0 Å². The van der Waals surface area contributed by atoms with Crippen LogP contribution in [0, 0.1) is 0 Å². The minimum Gasteiger partial charge on any atom is -0.363 e. The van der Waals surface area contributed by atoms with E-state index in [0.29, 0.717) is 11.3 Å². The predicted molar refractivity (Wildman–Crippen MR) is 66.3 cm³/mol. The molecule has 0 aliphatic heterocycles. The molecule has 0 fully saturated rings. The summed E-state index contributed by atoms with van der Waals surface area (Å²) in [5, 5.41) is 6.15. The van der Waals surface area contributed by atoms with Crippen molar-refractivity contribution in [2.24, 2.45) is 0 Å². The summed E-state index contributed by atoms with van der Waals surface area (Å²) in [6.07, 6.45) is 2.80. The van der Waals surface area contributed by atoms with Crippen molar-refractivity contribution in [2.45, 2.75) is 0 Å². The minimum absolute atomic E-state index is 0.217. The molecule has 4 nitrogen and oxygen atoms in total. The highest BCUT2D eigenvalue weighted by Gasteiger charge is 2.08. The van der Waals surface area contributed by atoms with E-state index in [1.807, 2.05) is 6.07 Å². The average molecular weight is 346 g/mol. The predicted octanol–water partition coefficient (Wildman–Crippen LogP) is 3.45. The molecule has 1 N–H and O–H groups in total. The topological polar surface area (TPSA) is 55.1 Å². The Morgan fingerprint density at radius 2 is 1.94 bits per heavy atom. The number of nitrogens with zero attached hydrogens (tertiary/aromatic N) is 1. The van der Waals surface area contributed by atoms with Gasteiger partial charge in [0.15, 0.2) is 0 Å². The number of rotatable bonds is 2. The van der Waals surface area contributed by atoms with Gasteiger partial charge in [-0.25, -0.2) is 0 Å². The van der Waals surface area contributed by atoms with Gasteiger partial charge < -0.3 is 9.84 Å². The van der Waals surface area contributed by atoms with E-state index in [4.69, 9.17) is 0 Å². The Morgan fingerprint density at radius 1 is 1.25 bits per heavy atom. The molecule has 82 valence electrons. The molecule has 0 radical (unpaired) electrons.